The van der Waals surface area contributed by atoms with Crippen LogP contribution in [0.15, 0.2) is 21.9 Å². The maximum absolute atomic E-state index is 12.1. The fourth-order valence-corrected chi connectivity index (χ4v) is 5.60. The zero-order chi connectivity index (χ0) is 25.2. The molecule has 1 aliphatic rings. The fourth-order valence-electron chi connectivity index (χ4n) is 2.57. The minimum absolute atomic E-state index is 0.0537. The van der Waals surface area contributed by atoms with Crippen LogP contribution in [0.2, 0.25) is 0 Å². The highest BCUT2D eigenvalue weighted by Gasteiger charge is 2.46. The summed E-state index contributed by atoms with van der Waals surface area (Å²) in [7, 11) is -16.9. The van der Waals surface area contributed by atoms with Gasteiger partial charge in [0.15, 0.2) is 6.23 Å². The molecule has 1 aliphatic heterocycles. The molecular formula is C12H20N3O15P3. The molecule has 0 aromatic carbocycles. The zero-order valence-corrected chi connectivity index (χ0v) is 18.9. The van der Waals surface area contributed by atoms with Crippen molar-refractivity contribution in [1.82, 2.24) is 9.55 Å². The topological polar surface area (TPSA) is 290 Å². The highest BCUT2D eigenvalue weighted by atomic mass is 31.3. The SMILES string of the molecule is NC/C=C/c1cn([C@@H]2O[C@H](COP(=O)(O)OP(=O)(O)OP(=O)(O)O)[C@H](O)C2O)c(=O)[nH]c1=O. The van der Waals surface area contributed by atoms with E-state index in [-0.39, 0.29) is 12.1 Å². The van der Waals surface area contributed by atoms with Gasteiger partial charge in [0.05, 0.1) is 12.2 Å². The number of hydrogen-bond acceptors (Lipinski definition) is 12. The average molecular weight is 539 g/mol. The lowest BCUT2D eigenvalue weighted by atomic mass is 10.1. The number of aromatic amines is 1. The molecule has 188 valence electrons. The fraction of sp³-hybridized carbons (Fsp3) is 0.500. The van der Waals surface area contributed by atoms with Gasteiger partial charge in [0.25, 0.3) is 5.56 Å². The third-order valence-corrected chi connectivity index (χ3v) is 7.66. The Bertz CT molecular complexity index is 1140. The van der Waals surface area contributed by atoms with Crippen molar-refractivity contribution < 1.29 is 61.4 Å². The first-order chi connectivity index (χ1) is 15.1. The van der Waals surface area contributed by atoms with Crippen LogP contribution < -0.4 is 17.0 Å². The monoisotopic (exact) mass is 539 g/mol. The molecule has 1 saturated heterocycles. The number of aliphatic hydroxyl groups excluding tert-OH is 2. The number of phosphoric acid groups is 3. The molecule has 6 atom stereocenters. The number of rotatable bonds is 10. The summed E-state index contributed by atoms with van der Waals surface area (Å²) in [5.74, 6) is 0. The smallest absolute Gasteiger partial charge is 0.387 e. The number of nitrogens with two attached hydrogens (primary N) is 1. The van der Waals surface area contributed by atoms with Gasteiger partial charge in [0.2, 0.25) is 0 Å². The summed E-state index contributed by atoms with van der Waals surface area (Å²) >= 11 is 0. The molecule has 9 N–H and O–H groups in total. The quantitative estimate of drug-likeness (QED) is 0.142. The Morgan fingerprint density at radius 3 is 2.30 bits per heavy atom. The van der Waals surface area contributed by atoms with E-state index >= 15 is 0 Å². The molecule has 0 bridgehead atoms. The average Bonchev–Trinajstić information content (AvgIpc) is 2.91. The van der Waals surface area contributed by atoms with Gasteiger partial charge in [-0.3, -0.25) is 18.9 Å². The standard InChI is InChI=1S/C12H20N3O15P3/c13-3-1-2-6-4-15(12(19)14-10(6)18)11-9(17)8(16)7(28-11)5-27-32(23,24)30-33(25,26)29-31(20,21)22/h1-2,4,7-9,11,16-17H,3,5,13H2,(H,23,24)(H,25,26)(H,14,18,19)(H2,20,21,22)/b2-1+/t7-,8+,9?,11-/m1/s1. The molecule has 1 aromatic heterocycles. The number of phosphoric ester groups is 1. The van der Waals surface area contributed by atoms with Crippen LogP contribution in [0.5, 0.6) is 0 Å². The van der Waals surface area contributed by atoms with Crippen molar-refractivity contribution in [3.05, 3.63) is 38.7 Å². The number of H-pyrrole nitrogens is 1. The summed E-state index contributed by atoms with van der Waals surface area (Å²) in [6, 6.07) is 0. The van der Waals surface area contributed by atoms with Crippen molar-refractivity contribution in [1.29, 1.82) is 0 Å². The van der Waals surface area contributed by atoms with E-state index in [0.29, 0.717) is 0 Å². The van der Waals surface area contributed by atoms with Gasteiger partial charge in [-0.1, -0.05) is 12.2 Å². The van der Waals surface area contributed by atoms with Crippen LogP contribution in [-0.4, -0.2) is 70.8 Å². The molecule has 2 rings (SSSR count). The molecular weight excluding hydrogens is 519 g/mol. The van der Waals surface area contributed by atoms with E-state index < -0.39 is 65.9 Å². The van der Waals surface area contributed by atoms with Crippen LogP contribution in [0.25, 0.3) is 6.08 Å². The van der Waals surface area contributed by atoms with Crippen molar-refractivity contribution in [3.8, 4) is 0 Å². The van der Waals surface area contributed by atoms with Gasteiger partial charge >= 0.3 is 29.2 Å². The van der Waals surface area contributed by atoms with Crippen molar-refractivity contribution >= 4 is 29.5 Å². The molecule has 3 unspecified atom stereocenters. The maximum Gasteiger partial charge on any atom is 0.490 e. The van der Waals surface area contributed by atoms with Gasteiger partial charge in [-0.25, -0.2) is 18.5 Å². The first kappa shape index (κ1) is 27.9. The predicted molar refractivity (Wildman–Crippen MR) is 105 cm³/mol. The molecule has 0 spiro atoms. The first-order valence-electron chi connectivity index (χ1n) is 8.57. The van der Waals surface area contributed by atoms with E-state index in [9.17, 15) is 38.4 Å². The normalized spacial score (nSPS) is 27.5. The van der Waals surface area contributed by atoms with E-state index in [1.807, 2.05) is 4.98 Å². The highest BCUT2D eigenvalue weighted by molar-refractivity contribution is 7.66. The molecule has 0 radical (unpaired) electrons. The van der Waals surface area contributed by atoms with E-state index in [2.05, 4.69) is 13.1 Å². The van der Waals surface area contributed by atoms with Crippen molar-refractivity contribution in [2.24, 2.45) is 5.73 Å². The van der Waals surface area contributed by atoms with Gasteiger partial charge in [-0.05, 0) is 0 Å². The molecule has 1 aromatic rings. The molecule has 0 saturated carbocycles. The number of aliphatic hydroxyl groups is 2. The summed E-state index contributed by atoms with van der Waals surface area (Å²) in [5.41, 5.74) is 3.43. The van der Waals surface area contributed by atoms with E-state index in [1.165, 1.54) is 12.2 Å². The largest absolute Gasteiger partial charge is 0.490 e. The van der Waals surface area contributed by atoms with Gasteiger partial charge in [-0.2, -0.15) is 8.62 Å². The van der Waals surface area contributed by atoms with E-state index in [0.717, 1.165) is 10.8 Å². The Balaban J connectivity index is 2.15. The lowest BCUT2D eigenvalue weighted by Crippen LogP contribution is -2.38. The maximum atomic E-state index is 12.1. The number of nitrogens with zero attached hydrogens (tertiary/aromatic N) is 1. The molecule has 0 aliphatic carbocycles. The lowest BCUT2D eigenvalue weighted by Gasteiger charge is -2.19. The van der Waals surface area contributed by atoms with Gasteiger partial charge < -0.3 is 40.3 Å². The number of hydrogen-bond donors (Lipinski definition) is 8. The third-order valence-electron chi connectivity index (χ3n) is 3.86. The van der Waals surface area contributed by atoms with E-state index in [1.54, 1.807) is 0 Å². The summed E-state index contributed by atoms with van der Waals surface area (Å²) in [4.78, 5) is 61.4. The van der Waals surface area contributed by atoms with Gasteiger partial charge in [-0.15, -0.1) is 0 Å². The second kappa shape index (κ2) is 10.5. The number of nitrogens with one attached hydrogen (secondary N) is 1. The summed E-state index contributed by atoms with van der Waals surface area (Å²) < 4.78 is 51.1. The van der Waals surface area contributed by atoms with Crippen LogP contribution in [0.4, 0.5) is 0 Å². The van der Waals surface area contributed by atoms with Crippen LogP contribution >= 0.6 is 23.5 Å². The Hall–Kier alpha value is -1.33. The van der Waals surface area contributed by atoms with Crippen molar-refractivity contribution in [2.75, 3.05) is 13.2 Å². The van der Waals surface area contributed by atoms with Gasteiger partial charge in [0, 0.05) is 12.7 Å². The van der Waals surface area contributed by atoms with Crippen LogP contribution in [0.1, 0.15) is 11.8 Å². The summed E-state index contributed by atoms with van der Waals surface area (Å²) in [5, 5.41) is 20.3. The molecule has 2 heterocycles. The van der Waals surface area contributed by atoms with Crippen LogP contribution in [0.3, 0.4) is 0 Å². The second-order valence-electron chi connectivity index (χ2n) is 6.32. The highest BCUT2D eigenvalue weighted by Crippen LogP contribution is 2.66. The van der Waals surface area contributed by atoms with Crippen LogP contribution in [0, 0.1) is 0 Å². The number of aromatic nitrogens is 2. The predicted octanol–water partition coefficient (Wildman–Crippen LogP) is -2.53. The van der Waals surface area contributed by atoms with Crippen molar-refractivity contribution in [3.63, 3.8) is 0 Å². The second-order valence-corrected chi connectivity index (χ2v) is 10.7. The minimum atomic E-state index is -5.76. The molecule has 0 amide bonds. The van der Waals surface area contributed by atoms with E-state index in [4.69, 9.17) is 25.2 Å². The molecule has 18 nitrogen and oxygen atoms in total. The van der Waals surface area contributed by atoms with Crippen molar-refractivity contribution in [2.45, 2.75) is 24.5 Å². The zero-order valence-electron chi connectivity index (χ0n) is 16.2. The third kappa shape index (κ3) is 7.85. The summed E-state index contributed by atoms with van der Waals surface area (Å²) in [6.07, 6.45) is -3.19. The Kier molecular flexibility index (Phi) is 8.89. The Labute approximate surface area is 183 Å². The van der Waals surface area contributed by atoms with Crippen LogP contribution in [-0.2, 0) is 31.6 Å². The summed E-state index contributed by atoms with van der Waals surface area (Å²) in [6.45, 7) is -1.00. The molecule has 33 heavy (non-hydrogen) atoms. The Morgan fingerprint density at radius 1 is 1.09 bits per heavy atom. The lowest BCUT2D eigenvalue weighted by molar-refractivity contribution is -0.0542. The Morgan fingerprint density at radius 2 is 1.73 bits per heavy atom. The van der Waals surface area contributed by atoms with Gasteiger partial charge in [0.1, 0.15) is 18.3 Å². The minimum Gasteiger partial charge on any atom is -0.387 e. The molecule has 1 fully saturated rings. The number of ether oxygens (including phenoxy) is 1. The first-order valence-corrected chi connectivity index (χ1v) is 13.1. The molecule has 21 heteroatoms.